The number of rotatable bonds is 9. The second-order valence-electron chi connectivity index (χ2n) is 13.1. The zero-order valence-electron chi connectivity index (χ0n) is 31.1. The number of benzene rings is 3. The molecule has 4 aromatic heterocycles. The van der Waals surface area contributed by atoms with Crippen molar-refractivity contribution in [3.63, 3.8) is 0 Å². The smallest absolute Gasteiger partial charge is 0.270 e. The average Bonchev–Trinajstić information content (AvgIpc) is 3.20. The molecule has 3 N–H and O–H groups in total. The number of fused-ring (bicyclic) bond motifs is 2. The lowest BCUT2D eigenvalue weighted by Crippen LogP contribution is -2.27. The number of nitrogens with one attached hydrogen (secondary N) is 1. The van der Waals surface area contributed by atoms with E-state index in [-0.39, 0.29) is 38.9 Å². The molecule has 2 amide bonds. The fourth-order valence-electron chi connectivity index (χ4n) is 5.78. The summed E-state index contributed by atoms with van der Waals surface area (Å²) in [7, 11) is -3.82. The van der Waals surface area contributed by atoms with E-state index in [2.05, 4.69) is 25.3 Å². The lowest BCUT2D eigenvalue weighted by atomic mass is 10.0. The van der Waals surface area contributed by atoms with Crippen LogP contribution in [-0.2, 0) is 19.9 Å². The summed E-state index contributed by atoms with van der Waals surface area (Å²) in [5.74, 6) is -1.32. The Balaban J connectivity index is 0.000000199. The molecule has 3 aromatic carbocycles. The number of sulfone groups is 1. The molecule has 0 aliphatic carbocycles. The van der Waals surface area contributed by atoms with Crippen LogP contribution in [0.25, 0.3) is 44.1 Å². The molecular formula is C41H36FN7O6S2. The fourth-order valence-corrected chi connectivity index (χ4v) is 7.31. The number of halogens is 1. The number of sulfonamides is 1. The predicted octanol–water partition coefficient (Wildman–Crippen LogP) is 5.98. The van der Waals surface area contributed by atoms with Crippen LogP contribution >= 0.6 is 0 Å². The first-order valence-electron chi connectivity index (χ1n) is 17.2. The number of pyridine rings is 4. The van der Waals surface area contributed by atoms with Crippen LogP contribution in [0.2, 0.25) is 0 Å². The van der Waals surface area contributed by atoms with Gasteiger partial charge >= 0.3 is 0 Å². The SMILES string of the molecule is CC(NC(=O)c1ccc2cncc(-c3ccc(F)cc3)c2n1)c1ccc(S(C)(=O)=O)cc1.CN(C)S(=O)(=O)c1ccc(-c2cncc3ccc(C(N)=O)nc23)cc1. The van der Waals surface area contributed by atoms with Crippen molar-refractivity contribution in [3.8, 4) is 22.3 Å². The molecule has 13 nitrogen and oxygen atoms in total. The molecule has 1 atom stereocenters. The number of hydrogen-bond donors (Lipinski definition) is 2. The summed E-state index contributed by atoms with van der Waals surface area (Å²) in [5, 5.41) is 4.40. The fraction of sp³-hybridized carbons (Fsp3) is 0.122. The van der Waals surface area contributed by atoms with Crippen molar-refractivity contribution in [2.24, 2.45) is 5.73 Å². The van der Waals surface area contributed by atoms with Crippen molar-refractivity contribution in [1.82, 2.24) is 29.6 Å². The highest BCUT2D eigenvalue weighted by molar-refractivity contribution is 7.90. The largest absolute Gasteiger partial charge is 0.364 e. The summed E-state index contributed by atoms with van der Waals surface area (Å²) in [5.41, 5.74) is 10.5. The summed E-state index contributed by atoms with van der Waals surface area (Å²) in [6, 6.07) is 25.1. The van der Waals surface area contributed by atoms with Crippen molar-refractivity contribution in [1.29, 1.82) is 0 Å². The highest BCUT2D eigenvalue weighted by Crippen LogP contribution is 2.29. The summed E-state index contributed by atoms with van der Waals surface area (Å²) in [6.45, 7) is 1.81. The maximum atomic E-state index is 13.3. The quantitative estimate of drug-likeness (QED) is 0.175. The van der Waals surface area contributed by atoms with Crippen LogP contribution < -0.4 is 11.1 Å². The summed E-state index contributed by atoms with van der Waals surface area (Å²) < 4.78 is 62.1. The first-order valence-corrected chi connectivity index (χ1v) is 20.5. The lowest BCUT2D eigenvalue weighted by Gasteiger charge is -2.15. The van der Waals surface area contributed by atoms with Gasteiger partial charge in [-0.3, -0.25) is 19.6 Å². The van der Waals surface area contributed by atoms with Crippen LogP contribution in [-0.4, -0.2) is 73.2 Å². The minimum Gasteiger partial charge on any atom is -0.364 e. The van der Waals surface area contributed by atoms with Gasteiger partial charge < -0.3 is 11.1 Å². The molecule has 290 valence electrons. The Morgan fingerprint density at radius 2 is 1.14 bits per heavy atom. The van der Waals surface area contributed by atoms with E-state index >= 15 is 0 Å². The molecular weight excluding hydrogens is 770 g/mol. The Morgan fingerprint density at radius 1 is 0.667 bits per heavy atom. The first kappa shape index (κ1) is 40.2. The molecule has 0 radical (unpaired) electrons. The van der Waals surface area contributed by atoms with Crippen molar-refractivity contribution in [3.05, 3.63) is 145 Å². The Hall–Kier alpha value is -6.49. The van der Waals surface area contributed by atoms with Crippen LogP contribution in [0.15, 0.2) is 132 Å². The van der Waals surface area contributed by atoms with Crippen LogP contribution in [0.3, 0.4) is 0 Å². The average molecular weight is 806 g/mol. The van der Waals surface area contributed by atoms with Crippen LogP contribution in [0.4, 0.5) is 4.39 Å². The number of aromatic nitrogens is 4. The zero-order valence-corrected chi connectivity index (χ0v) is 32.7. The Morgan fingerprint density at radius 3 is 1.63 bits per heavy atom. The first-order chi connectivity index (χ1) is 27.0. The lowest BCUT2D eigenvalue weighted by molar-refractivity contribution is 0.0934. The number of carbonyl (C=O) groups is 2. The molecule has 0 saturated carbocycles. The third kappa shape index (κ3) is 8.99. The summed E-state index contributed by atoms with van der Waals surface area (Å²) >= 11 is 0. The monoisotopic (exact) mass is 805 g/mol. The number of primary amides is 1. The highest BCUT2D eigenvalue weighted by atomic mass is 32.2. The van der Waals surface area contributed by atoms with E-state index in [0.717, 1.165) is 38.0 Å². The molecule has 16 heteroatoms. The van der Waals surface area contributed by atoms with Gasteiger partial charge in [0.2, 0.25) is 10.0 Å². The van der Waals surface area contributed by atoms with Gasteiger partial charge in [-0.2, -0.15) is 0 Å². The number of carbonyl (C=O) groups excluding carboxylic acids is 2. The zero-order chi connectivity index (χ0) is 41.1. The number of amides is 2. The predicted molar refractivity (Wildman–Crippen MR) is 215 cm³/mol. The minimum absolute atomic E-state index is 0.159. The number of nitrogens with two attached hydrogens (primary N) is 1. The third-order valence-electron chi connectivity index (χ3n) is 8.94. The van der Waals surface area contributed by atoms with E-state index in [1.807, 2.05) is 6.92 Å². The Bertz CT molecular complexity index is 2860. The van der Waals surface area contributed by atoms with Gasteiger partial charge in [0.1, 0.15) is 17.2 Å². The van der Waals surface area contributed by atoms with Gasteiger partial charge in [-0.15, -0.1) is 0 Å². The van der Waals surface area contributed by atoms with Gasteiger partial charge in [0.05, 0.1) is 26.9 Å². The van der Waals surface area contributed by atoms with Gasteiger partial charge in [0, 0.05) is 67.0 Å². The highest BCUT2D eigenvalue weighted by Gasteiger charge is 2.19. The molecule has 1 unspecified atom stereocenters. The normalized spacial score (nSPS) is 12.2. The van der Waals surface area contributed by atoms with Crippen LogP contribution in [0.1, 0.15) is 39.5 Å². The van der Waals surface area contributed by atoms with Gasteiger partial charge in [-0.05, 0) is 84.3 Å². The van der Waals surface area contributed by atoms with Gasteiger partial charge in [0.25, 0.3) is 11.8 Å². The van der Waals surface area contributed by atoms with Gasteiger partial charge in [-0.25, -0.2) is 35.5 Å². The molecule has 57 heavy (non-hydrogen) atoms. The maximum absolute atomic E-state index is 13.3. The summed E-state index contributed by atoms with van der Waals surface area (Å²) in [6.07, 6.45) is 7.70. The van der Waals surface area contributed by atoms with E-state index in [4.69, 9.17) is 5.73 Å². The van der Waals surface area contributed by atoms with Crippen molar-refractivity contribution < 1.29 is 30.8 Å². The van der Waals surface area contributed by atoms with Gasteiger partial charge in [-0.1, -0.05) is 36.4 Å². The van der Waals surface area contributed by atoms with Crippen molar-refractivity contribution in [2.45, 2.75) is 22.8 Å². The van der Waals surface area contributed by atoms with Gasteiger partial charge in [0.15, 0.2) is 9.84 Å². The van der Waals surface area contributed by atoms with Crippen molar-refractivity contribution >= 4 is 53.5 Å². The maximum Gasteiger partial charge on any atom is 0.270 e. The molecule has 7 rings (SSSR count). The van der Waals surface area contributed by atoms with Crippen LogP contribution in [0.5, 0.6) is 0 Å². The topological polar surface area (TPSA) is 195 Å². The summed E-state index contributed by atoms with van der Waals surface area (Å²) in [4.78, 5) is 41.9. The van der Waals surface area contributed by atoms with E-state index in [9.17, 15) is 30.8 Å². The second kappa shape index (κ2) is 16.3. The number of nitrogens with zero attached hydrogens (tertiary/aromatic N) is 5. The van der Waals surface area contributed by atoms with Crippen molar-refractivity contribution in [2.75, 3.05) is 20.4 Å². The third-order valence-corrected chi connectivity index (χ3v) is 11.9. The molecule has 0 aliphatic heterocycles. The molecule has 0 saturated heterocycles. The molecule has 0 fully saturated rings. The standard InChI is InChI=1S/C24H20FN3O3S.C17H16N4O3S/c1-15(16-5-10-20(11-6-16)32(2,30)31)27-24(29)22-12-7-18-13-26-14-21(23(18)28-22)17-3-8-19(25)9-4-17;1-21(2)25(23,24)13-6-3-11(4-7-13)14-10-19-9-12-5-8-15(17(18)22)20-16(12)14/h3-15H,1-2H3,(H,27,29);3-10H,1-2H3,(H2,18,22). The molecule has 0 spiro atoms. The molecule has 7 aromatic rings. The molecule has 0 bridgehead atoms. The second-order valence-corrected chi connectivity index (χ2v) is 17.3. The van der Waals surface area contributed by atoms with Crippen LogP contribution in [0, 0.1) is 5.82 Å². The molecule has 4 heterocycles. The van der Waals surface area contributed by atoms with E-state index in [1.54, 1.807) is 85.5 Å². The Kier molecular flexibility index (Phi) is 11.5. The van der Waals surface area contributed by atoms with E-state index < -0.39 is 25.8 Å². The number of hydrogen-bond acceptors (Lipinski definition) is 10. The Labute approximate surface area is 328 Å². The van der Waals surface area contributed by atoms with E-state index in [0.29, 0.717) is 22.2 Å². The minimum atomic E-state index is -3.50. The van der Waals surface area contributed by atoms with E-state index in [1.165, 1.54) is 50.5 Å². The molecule has 0 aliphatic rings.